The van der Waals surface area contributed by atoms with Gasteiger partial charge in [-0.15, -0.1) is 0 Å². The van der Waals surface area contributed by atoms with E-state index in [1.165, 1.54) is 46.9 Å². The summed E-state index contributed by atoms with van der Waals surface area (Å²) in [6.45, 7) is 0. The first-order chi connectivity index (χ1) is 19.1. The number of ketones is 1. The van der Waals surface area contributed by atoms with Crippen molar-refractivity contribution < 1.29 is 31.1 Å². The van der Waals surface area contributed by atoms with Crippen LogP contribution in [0, 0.1) is 0 Å². The Morgan fingerprint density at radius 1 is 0.625 bits per heavy atom. The van der Waals surface area contributed by atoms with Gasteiger partial charge in [0.15, 0.2) is 5.78 Å². The number of halogens is 6. The quantitative estimate of drug-likeness (QED) is 0.153. The third-order valence-corrected chi connectivity index (χ3v) is 7.88. The lowest BCUT2D eigenvalue weighted by atomic mass is 9.89. The van der Waals surface area contributed by atoms with E-state index in [-0.39, 0.29) is 44.1 Å². The van der Waals surface area contributed by atoms with Gasteiger partial charge in [0.2, 0.25) is 0 Å². The Labute approximate surface area is 230 Å². The first kappa shape index (κ1) is 26.1. The average Bonchev–Trinajstić information content (AvgIpc) is 3.64. The smallest absolute Gasteiger partial charge is 0.288 e. The zero-order chi connectivity index (χ0) is 28.2. The minimum atomic E-state index is -4.67. The normalized spacial score (nSPS) is 12.3. The predicted molar refractivity (Wildman–Crippen MR) is 144 cm³/mol. The van der Waals surface area contributed by atoms with Crippen LogP contribution in [-0.2, 0) is 12.4 Å². The number of benzene rings is 2. The van der Waals surface area contributed by atoms with Crippen LogP contribution in [-0.4, -0.2) is 15.8 Å². The van der Waals surface area contributed by atoms with Crippen molar-refractivity contribution in [3.63, 3.8) is 0 Å². The van der Waals surface area contributed by atoms with Crippen molar-refractivity contribution in [2.75, 3.05) is 0 Å². The number of hydrogen-bond donors (Lipinski definition) is 0. The van der Waals surface area contributed by atoms with Gasteiger partial charge < -0.3 is 0 Å². The van der Waals surface area contributed by atoms with E-state index in [9.17, 15) is 31.1 Å². The molecule has 6 rings (SSSR count). The predicted octanol–water partition coefficient (Wildman–Crippen LogP) is 9.51. The molecule has 0 saturated heterocycles. The molecular weight excluding hydrogens is 570 g/mol. The van der Waals surface area contributed by atoms with Gasteiger partial charge in [0.1, 0.15) is 0 Å². The molecule has 4 heterocycles. The average molecular weight is 585 g/mol. The number of carbonyl (C=O) groups is 1. The van der Waals surface area contributed by atoms with E-state index >= 15 is 0 Å². The molecule has 0 unspecified atom stereocenters. The first-order valence-corrected chi connectivity index (χ1v) is 13.5. The Morgan fingerprint density at radius 2 is 1.05 bits per heavy atom. The molecule has 0 amide bonds. The van der Waals surface area contributed by atoms with Crippen LogP contribution >= 0.6 is 22.7 Å². The van der Waals surface area contributed by atoms with Crippen LogP contribution in [0.2, 0.25) is 0 Å². The SMILES string of the molecule is O=C(c1cnc2c(C(F)(F)F)cccc2c1-c1ccsc1)c1cnc2c(C(F)(F)F)cccc2c1-c1ccsc1. The Hall–Kier alpha value is -4.09. The summed E-state index contributed by atoms with van der Waals surface area (Å²) in [6.07, 6.45) is -7.15. The third-order valence-electron chi connectivity index (χ3n) is 6.51. The molecule has 0 aliphatic heterocycles. The van der Waals surface area contributed by atoms with Gasteiger partial charge in [0.25, 0.3) is 0 Å². The maximum absolute atomic E-state index is 14.2. The minimum Gasteiger partial charge on any atom is -0.288 e. The Kier molecular flexibility index (Phi) is 6.23. The summed E-state index contributed by atoms with van der Waals surface area (Å²) < 4.78 is 82.8. The molecule has 11 heteroatoms. The van der Waals surface area contributed by atoms with Crippen LogP contribution in [0.15, 0.2) is 82.4 Å². The summed E-state index contributed by atoms with van der Waals surface area (Å²) in [5.41, 5.74) is -0.932. The van der Waals surface area contributed by atoms with E-state index in [1.807, 2.05) is 0 Å². The summed E-state index contributed by atoms with van der Waals surface area (Å²) in [7, 11) is 0. The number of alkyl halides is 6. The van der Waals surface area contributed by atoms with Crippen LogP contribution in [0.4, 0.5) is 26.3 Å². The zero-order valence-electron chi connectivity index (χ0n) is 20.0. The number of pyridine rings is 2. The number of hydrogen-bond acceptors (Lipinski definition) is 5. The van der Waals surface area contributed by atoms with E-state index in [1.54, 1.807) is 33.7 Å². The zero-order valence-corrected chi connectivity index (χ0v) is 21.6. The molecule has 40 heavy (non-hydrogen) atoms. The number of para-hydroxylation sites is 2. The summed E-state index contributed by atoms with van der Waals surface area (Å²) in [5, 5.41) is 7.14. The molecule has 0 saturated carbocycles. The lowest BCUT2D eigenvalue weighted by Gasteiger charge is -2.17. The monoisotopic (exact) mass is 584 g/mol. The number of carbonyl (C=O) groups excluding carboxylic acids is 1. The van der Waals surface area contributed by atoms with Crippen molar-refractivity contribution in [1.82, 2.24) is 9.97 Å². The van der Waals surface area contributed by atoms with Gasteiger partial charge in [0, 0.05) is 45.4 Å². The lowest BCUT2D eigenvalue weighted by Crippen LogP contribution is -2.11. The fraction of sp³-hybridized carbons (Fsp3) is 0.0690. The van der Waals surface area contributed by atoms with Crippen molar-refractivity contribution >= 4 is 50.3 Å². The second-order valence-corrected chi connectivity index (χ2v) is 10.4. The first-order valence-electron chi connectivity index (χ1n) is 11.6. The molecule has 0 spiro atoms. The van der Waals surface area contributed by atoms with E-state index in [4.69, 9.17) is 0 Å². The molecule has 4 aromatic heterocycles. The second kappa shape index (κ2) is 9.53. The highest BCUT2D eigenvalue weighted by Gasteiger charge is 2.36. The minimum absolute atomic E-state index is 0.00910. The Morgan fingerprint density at radius 3 is 1.40 bits per heavy atom. The van der Waals surface area contributed by atoms with Gasteiger partial charge in [-0.3, -0.25) is 14.8 Å². The molecule has 0 N–H and O–H groups in total. The van der Waals surface area contributed by atoms with Crippen LogP contribution in [0.3, 0.4) is 0 Å². The molecule has 0 aliphatic carbocycles. The highest BCUT2D eigenvalue weighted by Crippen LogP contribution is 2.42. The van der Waals surface area contributed by atoms with Crippen LogP contribution in [0.1, 0.15) is 27.0 Å². The largest absolute Gasteiger partial charge is 0.418 e. The summed E-state index contributed by atoms with van der Waals surface area (Å²) in [5.74, 6) is -0.624. The maximum atomic E-state index is 14.2. The molecule has 6 aromatic rings. The summed E-state index contributed by atoms with van der Waals surface area (Å²) >= 11 is 2.61. The maximum Gasteiger partial charge on any atom is 0.418 e. The molecule has 3 nitrogen and oxygen atoms in total. The van der Waals surface area contributed by atoms with E-state index in [2.05, 4.69) is 9.97 Å². The van der Waals surface area contributed by atoms with E-state index in [0.717, 1.165) is 24.5 Å². The molecule has 0 aliphatic rings. The molecule has 0 fully saturated rings. The number of aromatic nitrogens is 2. The summed E-state index contributed by atoms with van der Waals surface area (Å²) in [6, 6.07) is 10.7. The molecule has 0 bridgehead atoms. The van der Waals surface area contributed by atoms with Crippen molar-refractivity contribution in [1.29, 1.82) is 0 Å². The number of fused-ring (bicyclic) bond motifs is 2. The fourth-order valence-electron chi connectivity index (χ4n) is 4.83. The van der Waals surface area contributed by atoms with Crippen LogP contribution in [0.5, 0.6) is 0 Å². The molecule has 0 radical (unpaired) electrons. The molecule has 2 aromatic carbocycles. The number of nitrogens with zero attached hydrogens (tertiary/aromatic N) is 2. The van der Waals surface area contributed by atoms with Gasteiger partial charge in [-0.25, -0.2) is 0 Å². The van der Waals surface area contributed by atoms with Gasteiger partial charge in [-0.1, -0.05) is 24.3 Å². The highest BCUT2D eigenvalue weighted by molar-refractivity contribution is 7.08. The molecule has 200 valence electrons. The molecular formula is C29H14F6N2OS2. The topological polar surface area (TPSA) is 42.9 Å². The lowest BCUT2D eigenvalue weighted by molar-refractivity contribution is -0.137. The van der Waals surface area contributed by atoms with Crippen LogP contribution in [0.25, 0.3) is 44.1 Å². The van der Waals surface area contributed by atoms with E-state index < -0.39 is 29.3 Å². The highest BCUT2D eigenvalue weighted by atomic mass is 32.1. The number of rotatable bonds is 4. The van der Waals surface area contributed by atoms with Gasteiger partial charge >= 0.3 is 12.4 Å². The Balaban J connectivity index is 1.66. The van der Waals surface area contributed by atoms with Crippen molar-refractivity contribution in [2.45, 2.75) is 12.4 Å². The van der Waals surface area contributed by atoms with Crippen molar-refractivity contribution in [3.05, 3.63) is 105 Å². The summed E-state index contributed by atoms with van der Waals surface area (Å²) in [4.78, 5) is 22.3. The van der Waals surface area contributed by atoms with Gasteiger partial charge in [0.05, 0.1) is 22.2 Å². The Bertz CT molecular complexity index is 1760. The second-order valence-electron chi connectivity index (χ2n) is 8.85. The standard InChI is InChI=1S/C29H14F6N2OS2/c30-28(31,32)21-5-1-3-17-23(15-7-9-39-13-15)19(11-36-25(17)21)27(38)20-12-37-26-18(24(20)16-8-10-40-14-16)4-2-6-22(26)29(33,34)35/h1-14H. The van der Waals surface area contributed by atoms with Crippen LogP contribution < -0.4 is 0 Å². The van der Waals surface area contributed by atoms with Crippen molar-refractivity contribution in [3.8, 4) is 22.3 Å². The fourth-order valence-corrected chi connectivity index (χ4v) is 6.12. The number of thiophene rings is 2. The van der Waals surface area contributed by atoms with Crippen molar-refractivity contribution in [2.24, 2.45) is 0 Å². The molecule has 0 atom stereocenters. The van der Waals surface area contributed by atoms with E-state index in [0.29, 0.717) is 11.1 Å². The van der Waals surface area contributed by atoms with Gasteiger partial charge in [-0.05, 0) is 56.9 Å². The third kappa shape index (κ3) is 4.35. The van der Waals surface area contributed by atoms with Gasteiger partial charge in [-0.2, -0.15) is 49.0 Å².